The summed E-state index contributed by atoms with van der Waals surface area (Å²) in [6.45, 7) is 4.23. The van der Waals surface area contributed by atoms with Gasteiger partial charge in [-0.15, -0.1) is 0 Å². The normalized spacial score (nSPS) is 22.9. The lowest BCUT2D eigenvalue weighted by molar-refractivity contribution is 0.184. The molecule has 1 aliphatic heterocycles. The van der Waals surface area contributed by atoms with E-state index in [-0.39, 0.29) is 6.04 Å². The molecule has 1 saturated heterocycles. The average molecular weight is 280 g/mol. The lowest BCUT2D eigenvalue weighted by Gasteiger charge is -2.34. The molecule has 0 aromatic heterocycles. The summed E-state index contributed by atoms with van der Waals surface area (Å²) in [7, 11) is 0. The Morgan fingerprint density at radius 2 is 1.85 bits per heavy atom. The molecule has 20 heavy (non-hydrogen) atoms. The zero-order valence-electron chi connectivity index (χ0n) is 11.9. The Labute approximate surface area is 119 Å². The maximum atomic E-state index is 13.7. The van der Waals surface area contributed by atoms with Crippen LogP contribution in [-0.2, 0) is 0 Å². The number of benzene rings is 1. The van der Waals surface area contributed by atoms with Crippen LogP contribution in [0, 0.1) is 11.6 Å². The van der Waals surface area contributed by atoms with Gasteiger partial charge in [-0.2, -0.15) is 0 Å². The molecule has 1 aromatic rings. The SMILES string of the molecule is CC(NC1CCN(C2CC2)CC1)c1ccc(F)cc1F. The summed E-state index contributed by atoms with van der Waals surface area (Å²) in [4.78, 5) is 2.57. The highest BCUT2D eigenvalue weighted by atomic mass is 19.1. The van der Waals surface area contributed by atoms with Crippen LogP contribution in [0.5, 0.6) is 0 Å². The maximum Gasteiger partial charge on any atom is 0.130 e. The Morgan fingerprint density at radius 1 is 1.15 bits per heavy atom. The predicted molar refractivity (Wildman–Crippen MR) is 75.5 cm³/mol. The summed E-state index contributed by atoms with van der Waals surface area (Å²) in [5, 5.41) is 3.49. The van der Waals surface area contributed by atoms with Crippen LogP contribution in [0.1, 0.15) is 44.2 Å². The van der Waals surface area contributed by atoms with Crippen molar-refractivity contribution in [2.24, 2.45) is 0 Å². The van der Waals surface area contributed by atoms with Crippen LogP contribution in [0.4, 0.5) is 8.78 Å². The molecule has 1 N–H and O–H groups in total. The fourth-order valence-corrected chi connectivity index (χ4v) is 3.17. The number of piperidine rings is 1. The first-order chi connectivity index (χ1) is 9.63. The lowest BCUT2D eigenvalue weighted by Crippen LogP contribution is -2.44. The van der Waals surface area contributed by atoms with E-state index >= 15 is 0 Å². The van der Waals surface area contributed by atoms with E-state index in [4.69, 9.17) is 0 Å². The van der Waals surface area contributed by atoms with Gasteiger partial charge in [-0.3, -0.25) is 0 Å². The van der Waals surface area contributed by atoms with Gasteiger partial charge in [-0.05, 0) is 51.8 Å². The second-order valence-electron chi connectivity index (χ2n) is 6.10. The van der Waals surface area contributed by atoms with Crippen molar-refractivity contribution in [3.05, 3.63) is 35.4 Å². The van der Waals surface area contributed by atoms with Crippen molar-refractivity contribution in [3.63, 3.8) is 0 Å². The number of nitrogens with one attached hydrogen (secondary N) is 1. The zero-order valence-corrected chi connectivity index (χ0v) is 11.9. The molecule has 1 aliphatic carbocycles. The Morgan fingerprint density at radius 3 is 2.45 bits per heavy atom. The quantitative estimate of drug-likeness (QED) is 0.911. The third kappa shape index (κ3) is 3.18. The number of likely N-dealkylation sites (tertiary alicyclic amines) is 1. The Bertz CT molecular complexity index is 466. The van der Waals surface area contributed by atoms with Gasteiger partial charge in [0.25, 0.3) is 0 Å². The van der Waals surface area contributed by atoms with Crippen molar-refractivity contribution >= 4 is 0 Å². The van der Waals surface area contributed by atoms with E-state index < -0.39 is 11.6 Å². The topological polar surface area (TPSA) is 15.3 Å². The molecule has 110 valence electrons. The number of halogens is 2. The van der Waals surface area contributed by atoms with Crippen molar-refractivity contribution in [2.75, 3.05) is 13.1 Å². The van der Waals surface area contributed by atoms with Gasteiger partial charge in [-0.25, -0.2) is 8.78 Å². The highest BCUT2D eigenvalue weighted by molar-refractivity contribution is 5.21. The van der Waals surface area contributed by atoms with Crippen molar-refractivity contribution in [3.8, 4) is 0 Å². The molecule has 2 fully saturated rings. The molecular weight excluding hydrogens is 258 g/mol. The molecule has 1 saturated carbocycles. The van der Waals surface area contributed by atoms with Crippen LogP contribution in [-0.4, -0.2) is 30.1 Å². The molecule has 2 aliphatic rings. The summed E-state index contributed by atoms with van der Waals surface area (Å²) in [6, 6.07) is 5.03. The average Bonchev–Trinajstić information content (AvgIpc) is 3.23. The monoisotopic (exact) mass is 280 g/mol. The van der Waals surface area contributed by atoms with Gasteiger partial charge in [0.2, 0.25) is 0 Å². The van der Waals surface area contributed by atoms with E-state index in [0.29, 0.717) is 11.6 Å². The summed E-state index contributed by atoms with van der Waals surface area (Å²) < 4.78 is 26.7. The minimum Gasteiger partial charge on any atom is -0.307 e. The Kier molecular flexibility index (Phi) is 4.03. The minimum absolute atomic E-state index is 0.0759. The maximum absolute atomic E-state index is 13.7. The van der Waals surface area contributed by atoms with Crippen LogP contribution < -0.4 is 5.32 Å². The smallest absolute Gasteiger partial charge is 0.130 e. The molecule has 4 heteroatoms. The van der Waals surface area contributed by atoms with Crippen LogP contribution >= 0.6 is 0 Å². The Hall–Kier alpha value is -1.00. The third-order valence-electron chi connectivity index (χ3n) is 4.51. The molecule has 0 amide bonds. The first kappa shape index (κ1) is 14.0. The molecule has 1 atom stereocenters. The van der Waals surface area contributed by atoms with Gasteiger partial charge in [0, 0.05) is 29.8 Å². The fourth-order valence-electron chi connectivity index (χ4n) is 3.17. The predicted octanol–water partition coefficient (Wildman–Crippen LogP) is 3.24. The second kappa shape index (κ2) is 5.78. The van der Waals surface area contributed by atoms with Crippen LogP contribution in [0.25, 0.3) is 0 Å². The largest absolute Gasteiger partial charge is 0.307 e. The van der Waals surface area contributed by atoms with Gasteiger partial charge in [-0.1, -0.05) is 6.07 Å². The highest BCUT2D eigenvalue weighted by Crippen LogP contribution is 2.30. The third-order valence-corrected chi connectivity index (χ3v) is 4.51. The Balaban J connectivity index is 1.54. The van der Waals surface area contributed by atoms with Crippen LogP contribution in [0.3, 0.4) is 0 Å². The van der Waals surface area contributed by atoms with E-state index in [0.717, 1.165) is 38.0 Å². The molecule has 0 spiro atoms. The molecule has 1 unspecified atom stereocenters. The van der Waals surface area contributed by atoms with E-state index in [1.807, 2.05) is 6.92 Å². The zero-order chi connectivity index (χ0) is 14.1. The summed E-state index contributed by atoms with van der Waals surface area (Å²) >= 11 is 0. The van der Waals surface area contributed by atoms with Gasteiger partial charge in [0.05, 0.1) is 0 Å². The van der Waals surface area contributed by atoms with Crippen molar-refractivity contribution in [1.29, 1.82) is 0 Å². The summed E-state index contributed by atoms with van der Waals surface area (Å²) in [5.41, 5.74) is 0.552. The number of nitrogens with zero attached hydrogens (tertiary/aromatic N) is 1. The minimum atomic E-state index is -0.517. The van der Waals surface area contributed by atoms with E-state index in [1.165, 1.54) is 18.9 Å². The molecule has 3 rings (SSSR count). The summed E-state index contributed by atoms with van der Waals surface area (Å²) in [5.74, 6) is -0.975. The summed E-state index contributed by atoms with van der Waals surface area (Å²) in [6.07, 6.45) is 4.94. The number of hydrogen-bond donors (Lipinski definition) is 1. The van der Waals surface area contributed by atoms with E-state index in [9.17, 15) is 8.78 Å². The molecular formula is C16H22F2N2. The number of hydrogen-bond acceptors (Lipinski definition) is 2. The first-order valence-electron chi connectivity index (χ1n) is 7.58. The number of rotatable bonds is 4. The highest BCUT2D eigenvalue weighted by Gasteiger charge is 2.32. The van der Waals surface area contributed by atoms with Gasteiger partial charge in [0.15, 0.2) is 0 Å². The standard InChI is InChI=1S/C16H22F2N2/c1-11(15-5-2-12(17)10-16(15)18)19-13-6-8-20(9-7-13)14-3-4-14/h2,5,10-11,13-14,19H,3-4,6-9H2,1H3. The molecule has 0 radical (unpaired) electrons. The van der Waals surface area contributed by atoms with E-state index in [2.05, 4.69) is 10.2 Å². The van der Waals surface area contributed by atoms with E-state index in [1.54, 1.807) is 6.07 Å². The molecule has 1 aromatic carbocycles. The van der Waals surface area contributed by atoms with Gasteiger partial charge >= 0.3 is 0 Å². The van der Waals surface area contributed by atoms with Crippen molar-refractivity contribution < 1.29 is 8.78 Å². The first-order valence-corrected chi connectivity index (χ1v) is 7.58. The fraction of sp³-hybridized carbons (Fsp3) is 0.625. The molecule has 2 nitrogen and oxygen atoms in total. The molecule has 1 heterocycles. The second-order valence-corrected chi connectivity index (χ2v) is 6.10. The van der Waals surface area contributed by atoms with Crippen LogP contribution in [0.2, 0.25) is 0 Å². The lowest BCUT2D eigenvalue weighted by atomic mass is 10.0. The van der Waals surface area contributed by atoms with Crippen molar-refractivity contribution in [2.45, 2.75) is 50.7 Å². The van der Waals surface area contributed by atoms with Crippen molar-refractivity contribution in [1.82, 2.24) is 10.2 Å². The van der Waals surface area contributed by atoms with Crippen LogP contribution in [0.15, 0.2) is 18.2 Å². The van der Waals surface area contributed by atoms with Gasteiger partial charge < -0.3 is 10.2 Å². The van der Waals surface area contributed by atoms with Gasteiger partial charge in [0.1, 0.15) is 11.6 Å². The molecule has 0 bridgehead atoms.